The Morgan fingerprint density at radius 1 is 1.64 bits per heavy atom. The first-order valence-electron chi connectivity index (χ1n) is 4.52. The number of rotatable bonds is 6. The van der Waals surface area contributed by atoms with Gasteiger partial charge in [-0.25, -0.2) is 0 Å². The van der Waals surface area contributed by atoms with Crippen LogP contribution in [-0.4, -0.2) is 24.2 Å². The maximum absolute atomic E-state index is 5.13. The Balaban J connectivity index is 1.84. The molecule has 66 valence electrons. The minimum Gasteiger partial charge on any atom is -0.372 e. The quantitative estimate of drug-likeness (QED) is 0.574. The second-order valence-corrected chi connectivity index (χ2v) is 4.46. The van der Waals surface area contributed by atoms with Gasteiger partial charge in [0.2, 0.25) is 0 Å². The molecule has 1 aliphatic rings. The summed E-state index contributed by atoms with van der Waals surface area (Å²) in [6.07, 6.45) is 3.30. The number of epoxide rings is 1. The van der Waals surface area contributed by atoms with Gasteiger partial charge in [-0.15, -0.1) is 0 Å². The normalized spacial score (nSPS) is 25.1. The molecule has 0 radical (unpaired) electrons. The van der Waals surface area contributed by atoms with Gasteiger partial charge in [-0.1, -0.05) is 26.7 Å². The number of hydrogen-bond donors (Lipinski definition) is 0. The summed E-state index contributed by atoms with van der Waals surface area (Å²) in [5, 5.41) is 0. The first kappa shape index (κ1) is 9.40. The molecule has 2 atom stereocenters. The van der Waals surface area contributed by atoms with Crippen LogP contribution in [0.1, 0.15) is 26.7 Å². The van der Waals surface area contributed by atoms with Crippen LogP contribution in [0.3, 0.4) is 0 Å². The molecule has 0 amide bonds. The molecule has 11 heavy (non-hydrogen) atoms. The molecule has 0 aromatic rings. The molecule has 1 nitrogen and oxygen atoms in total. The van der Waals surface area contributed by atoms with Crippen LogP contribution >= 0.6 is 11.8 Å². The van der Waals surface area contributed by atoms with Crippen molar-refractivity contribution >= 4 is 11.8 Å². The molecule has 0 saturated carbocycles. The van der Waals surface area contributed by atoms with Crippen molar-refractivity contribution in [3.63, 3.8) is 0 Å². The predicted molar refractivity (Wildman–Crippen MR) is 51.1 cm³/mol. The average molecular weight is 174 g/mol. The number of thioether (sulfide) groups is 1. The lowest BCUT2D eigenvalue weighted by Crippen LogP contribution is -2.00. The van der Waals surface area contributed by atoms with Gasteiger partial charge in [0.1, 0.15) is 0 Å². The van der Waals surface area contributed by atoms with E-state index < -0.39 is 0 Å². The van der Waals surface area contributed by atoms with Crippen molar-refractivity contribution in [3.8, 4) is 0 Å². The second-order valence-electron chi connectivity index (χ2n) is 3.39. The molecule has 1 aliphatic heterocycles. The fraction of sp³-hybridized carbons (Fsp3) is 1.00. The van der Waals surface area contributed by atoms with Gasteiger partial charge in [0, 0.05) is 5.75 Å². The summed E-state index contributed by atoms with van der Waals surface area (Å²) in [5.74, 6) is 3.42. The Kier molecular flexibility index (Phi) is 4.31. The standard InChI is InChI=1S/C9H18OS/c1-3-4-8(2)6-11-7-9-5-10-9/h8-9H,3-7H2,1-2H3. The van der Waals surface area contributed by atoms with Gasteiger partial charge in [-0.05, 0) is 11.7 Å². The van der Waals surface area contributed by atoms with Gasteiger partial charge in [-0.3, -0.25) is 0 Å². The Labute approximate surface area is 73.9 Å². The van der Waals surface area contributed by atoms with Gasteiger partial charge in [-0.2, -0.15) is 11.8 Å². The minimum absolute atomic E-state index is 0.605. The van der Waals surface area contributed by atoms with Crippen LogP contribution in [0.25, 0.3) is 0 Å². The topological polar surface area (TPSA) is 12.5 Å². The molecule has 2 heteroatoms. The molecular formula is C9H18OS. The molecule has 0 aromatic heterocycles. The summed E-state index contributed by atoms with van der Waals surface area (Å²) in [6, 6.07) is 0. The van der Waals surface area contributed by atoms with Gasteiger partial charge >= 0.3 is 0 Å². The first-order chi connectivity index (χ1) is 5.33. The van der Waals surface area contributed by atoms with E-state index in [-0.39, 0.29) is 0 Å². The molecule has 0 N–H and O–H groups in total. The van der Waals surface area contributed by atoms with Gasteiger partial charge in [0.15, 0.2) is 0 Å². The van der Waals surface area contributed by atoms with Crippen LogP contribution < -0.4 is 0 Å². The molecule has 0 spiro atoms. The summed E-state index contributed by atoms with van der Waals surface area (Å²) in [4.78, 5) is 0. The monoisotopic (exact) mass is 174 g/mol. The average Bonchev–Trinajstić information content (AvgIpc) is 2.72. The number of hydrogen-bond acceptors (Lipinski definition) is 2. The van der Waals surface area contributed by atoms with Crippen molar-refractivity contribution in [2.75, 3.05) is 18.1 Å². The van der Waals surface area contributed by atoms with Crippen LogP contribution in [0.2, 0.25) is 0 Å². The molecule has 1 fully saturated rings. The van der Waals surface area contributed by atoms with Crippen LogP contribution in [0.4, 0.5) is 0 Å². The Morgan fingerprint density at radius 3 is 2.91 bits per heavy atom. The van der Waals surface area contributed by atoms with Crippen LogP contribution in [0.5, 0.6) is 0 Å². The predicted octanol–water partition coefficient (Wildman–Crippen LogP) is 2.55. The van der Waals surface area contributed by atoms with Crippen molar-refractivity contribution in [3.05, 3.63) is 0 Å². The molecule has 0 aliphatic carbocycles. The molecule has 1 saturated heterocycles. The molecule has 2 unspecified atom stereocenters. The Hall–Kier alpha value is 0.310. The zero-order valence-corrected chi connectivity index (χ0v) is 8.32. The van der Waals surface area contributed by atoms with E-state index in [1.54, 1.807) is 0 Å². The van der Waals surface area contributed by atoms with Gasteiger partial charge in [0.25, 0.3) is 0 Å². The second kappa shape index (κ2) is 5.04. The highest BCUT2D eigenvalue weighted by Gasteiger charge is 2.21. The first-order valence-corrected chi connectivity index (χ1v) is 5.67. The summed E-state index contributed by atoms with van der Waals surface area (Å²) in [7, 11) is 0. The van der Waals surface area contributed by atoms with E-state index in [1.807, 2.05) is 11.8 Å². The highest BCUT2D eigenvalue weighted by molar-refractivity contribution is 7.99. The molecule has 0 bridgehead atoms. The maximum atomic E-state index is 5.13. The van der Waals surface area contributed by atoms with Crippen LogP contribution in [-0.2, 0) is 4.74 Å². The highest BCUT2D eigenvalue weighted by Crippen LogP contribution is 2.19. The van der Waals surface area contributed by atoms with E-state index in [4.69, 9.17) is 4.74 Å². The smallest absolute Gasteiger partial charge is 0.0900 e. The fourth-order valence-corrected chi connectivity index (χ4v) is 2.30. The molecule has 0 aromatic carbocycles. The van der Waals surface area contributed by atoms with Gasteiger partial charge in [0.05, 0.1) is 12.7 Å². The Morgan fingerprint density at radius 2 is 2.36 bits per heavy atom. The van der Waals surface area contributed by atoms with E-state index in [0.29, 0.717) is 6.10 Å². The van der Waals surface area contributed by atoms with E-state index in [2.05, 4.69) is 13.8 Å². The van der Waals surface area contributed by atoms with Crippen molar-refractivity contribution < 1.29 is 4.74 Å². The van der Waals surface area contributed by atoms with E-state index >= 15 is 0 Å². The summed E-state index contributed by atoms with van der Waals surface area (Å²) in [6.45, 7) is 5.60. The third kappa shape index (κ3) is 4.70. The summed E-state index contributed by atoms with van der Waals surface area (Å²) in [5.41, 5.74) is 0. The van der Waals surface area contributed by atoms with E-state index in [1.165, 1.54) is 24.3 Å². The van der Waals surface area contributed by atoms with E-state index in [0.717, 1.165) is 12.5 Å². The lowest BCUT2D eigenvalue weighted by Gasteiger charge is -2.07. The molecule has 1 rings (SSSR count). The van der Waals surface area contributed by atoms with Crippen molar-refractivity contribution in [2.24, 2.45) is 5.92 Å². The minimum atomic E-state index is 0.605. The third-order valence-corrected chi connectivity index (χ3v) is 3.30. The summed E-state index contributed by atoms with van der Waals surface area (Å²) >= 11 is 2.05. The highest BCUT2D eigenvalue weighted by atomic mass is 32.2. The zero-order chi connectivity index (χ0) is 8.10. The van der Waals surface area contributed by atoms with Crippen LogP contribution in [0, 0.1) is 5.92 Å². The maximum Gasteiger partial charge on any atom is 0.0900 e. The molecular weight excluding hydrogens is 156 g/mol. The zero-order valence-electron chi connectivity index (χ0n) is 7.51. The van der Waals surface area contributed by atoms with E-state index in [9.17, 15) is 0 Å². The Bertz CT molecular complexity index is 102. The molecule has 1 heterocycles. The lowest BCUT2D eigenvalue weighted by atomic mass is 10.1. The SMILES string of the molecule is CCCC(C)CSCC1CO1. The van der Waals surface area contributed by atoms with Crippen molar-refractivity contribution in [2.45, 2.75) is 32.8 Å². The van der Waals surface area contributed by atoms with Crippen LogP contribution in [0.15, 0.2) is 0 Å². The van der Waals surface area contributed by atoms with Gasteiger partial charge < -0.3 is 4.74 Å². The summed E-state index contributed by atoms with van der Waals surface area (Å²) < 4.78 is 5.13. The number of ether oxygens (including phenoxy) is 1. The third-order valence-electron chi connectivity index (χ3n) is 1.89. The largest absolute Gasteiger partial charge is 0.372 e. The lowest BCUT2D eigenvalue weighted by molar-refractivity contribution is 0.426. The fourth-order valence-electron chi connectivity index (χ4n) is 1.14. The van der Waals surface area contributed by atoms with Crippen molar-refractivity contribution in [1.82, 2.24) is 0 Å². The van der Waals surface area contributed by atoms with Crippen molar-refractivity contribution in [1.29, 1.82) is 0 Å².